The Kier molecular flexibility index (Phi) is 6.37. The molecule has 2 aromatic heterocycles. The van der Waals surface area contributed by atoms with E-state index in [4.69, 9.17) is 0 Å². The van der Waals surface area contributed by atoms with Crippen LogP contribution in [0.3, 0.4) is 0 Å². The van der Waals surface area contributed by atoms with Gasteiger partial charge in [0.1, 0.15) is 0 Å². The first-order valence-electron chi connectivity index (χ1n) is 9.53. The Balaban J connectivity index is 1.71. The highest BCUT2D eigenvalue weighted by Gasteiger charge is 2.13. The fourth-order valence-electron chi connectivity index (χ4n) is 3.14. The molecule has 0 unspecified atom stereocenters. The van der Waals surface area contributed by atoms with Crippen LogP contribution >= 0.6 is 0 Å². The summed E-state index contributed by atoms with van der Waals surface area (Å²) >= 11 is 0. The first kappa shape index (κ1) is 19.5. The summed E-state index contributed by atoms with van der Waals surface area (Å²) in [6, 6.07) is 12.1. The molecular formula is C23H26N4O. The highest BCUT2D eigenvalue weighted by atomic mass is 16.2. The number of aromatic nitrogens is 2. The minimum Gasteiger partial charge on any atom is -0.354 e. The molecule has 0 saturated heterocycles. The zero-order valence-electron chi connectivity index (χ0n) is 16.6. The quantitative estimate of drug-likeness (QED) is 0.666. The van der Waals surface area contributed by atoms with E-state index in [1.54, 1.807) is 29.7 Å². The van der Waals surface area contributed by atoms with Gasteiger partial charge in [-0.15, -0.1) is 0 Å². The Bertz CT molecular complexity index is 940. The Morgan fingerprint density at radius 2 is 1.89 bits per heavy atom. The molecule has 5 nitrogen and oxygen atoms in total. The smallest absolute Gasteiger partial charge is 0.255 e. The lowest BCUT2D eigenvalue weighted by Crippen LogP contribution is -2.29. The zero-order valence-corrected chi connectivity index (χ0v) is 16.6. The number of likely N-dealkylation sites (N-methyl/N-ethyl adjacent to an activating group) is 1. The molecule has 1 amide bonds. The topological polar surface area (TPSA) is 58.1 Å². The van der Waals surface area contributed by atoms with Gasteiger partial charge in [0.15, 0.2) is 0 Å². The minimum absolute atomic E-state index is 0.0364. The van der Waals surface area contributed by atoms with Crippen molar-refractivity contribution in [3.63, 3.8) is 0 Å². The Hall–Kier alpha value is -3.21. The first-order chi connectivity index (χ1) is 13.6. The van der Waals surface area contributed by atoms with Gasteiger partial charge in [-0.05, 0) is 54.7 Å². The molecule has 3 aromatic rings. The number of rotatable bonds is 7. The van der Waals surface area contributed by atoms with Crippen molar-refractivity contribution in [2.24, 2.45) is 0 Å². The van der Waals surface area contributed by atoms with Crippen LogP contribution in [0.2, 0.25) is 0 Å². The summed E-state index contributed by atoms with van der Waals surface area (Å²) < 4.78 is 0. The second-order valence-electron chi connectivity index (χ2n) is 6.88. The van der Waals surface area contributed by atoms with Gasteiger partial charge >= 0.3 is 0 Å². The van der Waals surface area contributed by atoms with Gasteiger partial charge in [-0.25, -0.2) is 0 Å². The number of nitrogens with one attached hydrogen (secondary N) is 1. The van der Waals surface area contributed by atoms with E-state index in [-0.39, 0.29) is 5.91 Å². The maximum atomic E-state index is 12.8. The molecule has 0 fully saturated rings. The van der Waals surface area contributed by atoms with Gasteiger partial charge in [-0.1, -0.05) is 25.1 Å². The second kappa shape index (κ2) is 9.13. The number of benzene rings is 1. The summed E-state index contributed by atoms with van der Waals surface area (Å²) in [6.07, 6.45) is 8.64. The number of carbonyl (C=O) groups excluding carboxylic acids is 1. The zero-order chi connectivity index (χ0) is 19.9. The monoisotopic (exact) mass is 374 g/mol. The molecule has 0 saturated carbocycles. The van der Waals surface area contributed by atoms with E-state index in [0.717, 1.165) is 29.8 Å². The third-order valence-corrected chi connectivity index (χ3v) is 4.83. The van der Waals surface area contributed by atoms with Crippen molar-refractivity contribution in [1.82, 2.24) is 14.9 Å². The van der Waals surface area contributed by atoms with Gasteiger partial charge in [-0.3, -0.25) is 14.8 Å². The molecular weight excluding hydrogens is 348 g/mol. The number of amides is 1. The molecule has 1 aromatic carbocycles. The molecule has 28 heavy (non-hydrogen) atoms. The molecule has 0 bridgehead atoms. The summed E-state index contributed by atoms with van der Waals surface area (Å²) in [6.45, 7) is 4.85. The predicted molar refractivity (Wildman–Crippen MR) is 113 cm³/mol. The molecule has 0 radical (unpaired) electrons. The maximum Gasteiger partial charge on any atom is 0.255 e. The van der Waals surface area contributed by atoms with Crippen molar-refractivity contribution in [1.29, 1.82) is 0 Å². The van der Waals surface area contributed by atoms with Crippen molar-refractivity contribution in [2.45, 2.75) is 26.7 Å². The Morgan fingerprint density at radius 3 is 2.64 bits per heavy atom. The van der Waals surface area contributed by atoms with Crippen LogP contribution in [0.1, 0.15) is 34.0 Å². The minimum atomic E-state index is -0.0364. The fourth-order valence-corrected chi connectivity index (χ4v) is 3.14. The third kappa shape index (κ3) is 4.74. The second-order valence-corrected chi connectivity index (χ2v) is 6.88. The van der Waals surface area contributed by atoms with E-state index in [1.807, 2.05) is 25.2 Å². The summed E-state index contributed by atoms with van der Waals surface area (Å²) in [4.78, 5) is 22.8. The lowest BCUT2D eigenvalue weighted by Gasteiger charge is -2.18. The largest absolute Gasteiger partial charge is 0.354 e. The van der Waals surface area contributed by atoms with Crippen LogP contribution in [0, 0.1) is 6.92 Å². The molecule has 0 atom stereocenters. The number of hydrogen-bond acceptors (Lipinski definition) is 4. The van der Waals surface area contributed by atoms with Crippen LogP contribution in [0.5, 0.6) is 0 Å². The van der Waals surface area contributed by atoms with E-state index < -0.39 is 0 Å². The van der Waals surface area contributed by atoms with Crippen molar-refractivity contribution >= 4 is 17.3 Å². The van der Waals surface area contributed by atoms with Crippen molar-refractivity contribution in [3.8, 4) is 0 Å². The molecule has 0 aliphatic carbocycles. The average Bonchev–Trinajstić information content (AvgIpc) is 2.74. The SMILES string of the molecule is CCc1cccc(C)c1Nc1cncc(C(=O)N(C)CCc2ccncc2)c1. The number of pyridine rings is 2. The average molecular weight is 374 g/mol. The van der Waals surface area contributed by atoms with Crippen LogP contribution in [0.25, 0.3) is 0 Å². The van der Waals surface area contributed by atoms with Gasteiger partial charge in [0.2, 0.25) is 0 Å². The van der Waals surface area contributed by atoms with Gasteiger partial charge < -0.3 is 10.2 Å². The van der Waals surface area contributed by atoms with E-state index in [9.17, 15) is 4.79 Å². The van der Waals surface area contributed by atoms with Crippen LogP contribution in [0.4, 0.5) is 11.4 Å². The van der Waals surface area contributed by atoms with Gasteiger partial charge in [-0.2, -0.15) is 0 Å². The summed E-state index contributed by atoms with van der Waals surface area (Å²) in [5.74, 6) is -0.0364. The highest BCUT2D eigenvalue weighted by molar-refractivity contribution is 5.94. The molecule has 0 aliphatic rings. The number of aryl methyl sites for hydroxylation is 2. The standard InChI is InChI=1S/C23H26N4O/c1-4-19-7-5-6-17(2)22(19)26-21-14-20(15-25-16-21)23(28)27(3)13-10-18-8-11-24-12-9-18/h5-9,11-12,14-16,26H,4,10,13H2,1-3H3. The van der Waals surface area contributed by atoms with Crippen molar-refractivity contribution in [3.05, 3.63) is 83.4 Å². The van der Waals surface area contributed by atoms with Crippen LogP contribution in [0.15, 0.2) is 61.2 Å². The maximum absolute atomic E-state index is 12.8. The molecule has 1 N–H and O–H groups in total. The summed E-state index contributed by atoms with van der Waals surface area (Å²) in [5, 5.41) is 3.44. The molecule has 0 aliphatic heterocycles. The molecule has 144 valence electrons. The van der Waals surface area contributed by atoms with E-state index in [1.165, 1.54) is 11.1 Å². The number of para-hydroxylation sites is 1. The van der Waals surface area contributed by atoms with Crippen LogP contribution in [-0.2, 0) is 12.8 Å². The lowest BCUT2D eigenvalue weighted by molar-refractivity contribution is 0.0796. The highest BCUT2D eigenvalue weighted by Crippen LogP contribution is 2.25. The molecule has 5 heteroatoms. The molecule has 2 heterocycles. The lowest BCUT2D eigenvalue weighted by atomic mass is 10.1. The number of nitrogens with zero attached hydrogens (tertiary/aromatic N) is 3. The van der Waals surface area contributed by atoms with E-state index in [0.29, 0.717) is 12.1 Å². The van der Waals surface area contributed by atoms with Crippen LogP contribution < -0.4 is 5.32 Å². The van der Waals surface area contributed by atoms with Crippen molar-refractivity contribution in [2.75, 3.05) is 18.9 Å². The summed E-state index contributed by atoms with van der Waals surface area (Å²) in [5.41, 5.74) is 6.06. The fraction of sp³-hybridized carbons (Fsp3) is 0.261. The number of anilines is 2. The predicted octanol–water partition coefficient (Wildman–Crippen LogP) is 4.41. The summed E-state index contributed by atoms with van der Waals surface area (Å²) in [7, 11) is 1.82. The number of carbonyl (C=O) groups is 1. The normalized spacial score (nSPS) is 10.5. The van der Waals surface area contributed by atoms with E-state index >= 15 is 0 Å². The molecule has 3 rings (SSSR count). The Labute approximate surface area is 166 Å². The van der Waals surface area contributed by atoms with E-state index in [2.05, 4.69) is 47.3 Å². The van der Waals surface area contributed by atoms with Crippen LogP contribution in [-0.4, -0.2) is 34.4 Å². The molecule has 0 spiro atoms. The van der Waals surface area contributed by atoms with Crippen molar-refractivity contribution < 1.29 is 4.79 Å². The van der Waals surface area contributed by atoms with Gasteiger partial charge in [0, 0.05) is 37.9 Å². The number of hydrogen-bond donors (Lipinski definition) is 1. The third-order valence-electron chi connectivity index (χ3n) is 4.83. The van der Waals surface area contributed by atoms with Gasteiger partial charge in [0.05, 0.1) is 17.4 Å². The van der Waals surface area contributed by atoms with Gasteiger partial charge in [0.25, 0.3) is 5.91 Å². The Morgan fingerprint density at radius 1 is 1.11 bits per heavy atom. The first-order valence-corrected chi connectivity index (χ1v) is 9.53.